The SMILES string of the molecule is Cc1ccc(C)c(S(=O)(=O)NCC(C)N2CCCC2)c1N. The lowest BCUT2D eigenvalue weighted by Crippen LogP contribution is -2.40. The van der Waals surface area contributed by atoms with Crippen LogP contribution in [0.3, 0.4) is 0 Å². The molecule has 1 aliphatic rings. The molecule has 118 valence electrons. The summed E-state index contributed by atoms with van der Waals surface area (Å²) in [5.74, 6) is 0. The van der Waals surface area contributed by atoms with Crippen molar-refractivity contribution in [1.82, 2.24) is 9.62 Å². The highest BCUT2D eigenvalue weighted by Crippen LogP contribution is 2.25. The van der Waals surface area contributed by atoms with Crippen LogP contribution in [-0.2, 0) is 10.0 Å². The Balaban J connectivity index is 2.13. The molecule has 5 nitrogen and oxygen atoms in total. The van der Waals surface area contributed by atoms with Crippen molar-refractivity contribution in [2.24, 2.45) is 0 Å². The number of anilines is 1. The fraction of sp³-hybridized carbons (Fsp3) is 0.600. The van der Waals surface area contributed by atoms with Gasteiger partial charge in [0.15, 0.2) is 0 Å². The molecule has 1 saturated heterocycles. The summed E-state index contributed by atoms with van der Waals surface area (Å²) in [7, 11) is -3.57. The largest absolute Gasteiger partial charge is 0.397 e. The maximum absolute atomic E-state index is 12.5. The first-order chi connectivity index (χ1) is 9.83. The third-order valence-electron chi connectivity index (χ3n) is 4.21. The summed E-state index contributed by atoms with van der Waals surface area (Å²) in [6.45, 7) is 8.16. The highest BCUT2D eigenvalue weighted by atomic mass is 32.2. The number of nitrogens with two attached hydrogens (primary N) is 1. The second kappa shape index (κ2) is 6.34. The minimum Gasteiger partial charge on any atom is -0.397 e. The second-order valence-corrected chi connectivity index (χ2v) is 7.59. The van der Waals surface area contributed by atoms with Crippen LogP contribution in [0.25, 0.3) is 0 Å². The van der Waals surface area contributed by atoms with Gasteiger partial charge >= 0.3 is 0 Å². The number of nitrogens with one attached hydrogen (secondary N) is 1. The topological polar surface area (TPSA) is 75.4 Å². The third kappa shape index (κ3) is 3.56. The monoisotopic (exact) mass is 311 g/mol. The van der Waals surface area contributed by atoms with Gasteiger partial charge in [0.2, 0.25) is 10.0 Å². The Labute approximate surface area is 127 Å². The van der Waals surface area contributed by atoms with E-state index in [0.29, 0.717) is 17.8 Å². The molecule has 0 radical (unpaired) electrons. The number of hydrogen-bond acceptors (Lipinski definition) is 4. The molecule has 3 N–H and O–H groups in total. The van der Waals surface area contributed by atoms with E-state index in [0.717, 1.165) is 18.7 Å². The first kappa shape index (κ1) is 16.3. The van der Waals surface area contributed by atoms with E-state index in [-0.39, 0.29) is 10.9 Å². The molecule has 1 heterocycles. The van der Waals surface area contributed by atoms with Crippen LogP contribution in [0.1, 0.15) is 30.9 Å². The van der Waals surface area contributed by atoms with Gasteiger partial charge in [-0.15, -0.1) is 0 Å². The maximum Gasteiger partial charge on any atom is 0.242 e. The summed E-state index contributed by atoms with van der Waals surface area (Å²) < 4.78 is 27.8. The third-order valence-corrected chi connectivity index (χ3v) is 5.84. The number of sulfonamides is 1. The lowest BCUT2D eigenvalue weighted by molar-refractivity contribution is 0.260. The van der Waals surface area contributed by atoms with Gasteiger partial charge in [0.1, 0.15) is 4.90 Å². The molecule has 21 heavy (non-hydrogen) atoms. The van der Waals surface area contributed by atoms with Crippen molar-refractivity contribution in [3.63, 3.8) is 0 Å². The summed E-state index contributed by atoms with van der Waals surface area (Å²) >= 11 is 0. The number of hydrogen-bond donors (Lipinski definition) is 2. The maximum atomic E-state index is 12.5. The number of aryl methyl sites for hydroxylation is 2. The average Bonchev–Trinajstić information content (AvgIpc) is 2.95. The van der Waals surface area contributed by atoms with Crippen molar-refractivity contribution < 1.29 is 8.42 Å². The molecule has 1 atom stereocenters. The molecule has 1 aromatic carbocycles. The number of likely N-dealkylation sites (tertiary alicyclic amines) is 1. The molecule has 1 fully saturated rings. The molecule has 0 aliphatic carbocycles. The van der Waals surface area contributed by atoms with Crippen molar-refractivity contribution in [2.75, 3.05) is 25.4 Å². The van der Waals surface area contributed by atoms with Crippen LogP contribution in [0.5, 0.6) is 0 Å². The van der Waals surface area contributed by atoms with E-state index >= 15 is 0 Å². The van der Waals surface area contributed by atoms with E-state index in [1.165, 1.54) is 12.8 Å². The Morgan fingerprint density at radius 2 is 1.81 bits per heavy atom. The molecular formula is C15H25N3O2S. The lowest BCUT2D eigenvalue weighted by atomic mass is 10.1. The first-order valence-electron chi connectivity index (χ1n) is 7.42. The molecule has 0 aromatic heterocycles. The van der Waals surface area contributed by atoms with Crippen LogP contribution in [-0.4, -0.2) is 39.0 Å². The van der Waals surface area contributed by atoms with Gasteiger partial charge in [0, 0.05) is 12.6 Å². The van der Waals surface area contributed by atoms with Gasteiger partial charge in [-0.25, -0.2) is 13.1 Å². The highest BCUT2D eigenvalue weighted by Gasteiger charge is 2.24. The minimum absolute atomic E-state index is 0.202. The van der Waals surface area contributed by atoms with Crippen molar-refractivity contribution in [3.8, 4) is 0 Å². The standard InChI is InChI=1S/C15H25N3O2S/c1-11-6-7-12(2)15(14(11)16)21(19,20)17-10-13(3)18-8-4-5-9-18/h6-7,13,17H,4-5,8-10,16H2,1-3H3. The quantitative estimate of drug-likeness (QED) is 0.811. The van der Waals surface area contributed by atoms with Crippen LogP contribution in [0, 0.1) is 13.8 Å². The molecule has 1 aromatic rings. The lowest BCUT2D eigenvalue weighted by Gasteiger charge is -2.24. The average molecular weight is 311 g/mol. The summed E-state index contributed by atoms with van der Waals surface area (Å²) in [5, 5.41) is 0. The summed E-state index contributed by atoms with van der Waals surface area (Å²) in [5.41, 5.74) is 7.78. The number of benzene rings is 1. The first-order valence-corrected chi connectivity index (χ1v) is 8.90. The normalized spacial score (nSPS) is 18.0. The molecule has 6 heteroatoms. The van der Waals surface area contributed by atoms with E-state index in [1.807, 2.05) is 13.0 Å². The van der Waals surface area contributed by atoms with Gasteiger partial charge in [0.25, 0.3) is 0 Å². The smallest absolute Gasteiger partial charge is 0.242 e. The Hall–Kier alpha value is -1.11. The molecule has 1 aliphatic heterocycles. The molecular weight excluding hydrogens is 286 g/mol. The molecule has 0 saturated carbocycles. The van der Waals surface area contributed by atoms with E-state index < -0.39 is 10.0 Å². The van der Waals surface area contributed by atoms with Gasteiger partial charge in [0.05, 0.1) is 5.69 Å². The van der Waals surface area contributed by atoms with Crippen LogP contribution in [0.4, 0.5) is 5.69 Å². The Bertz CT molecular complexity index is 608. The van der Waals surface area contributed by atoms with Crippen molar-refractivity contribution in [1.29, 1.82) is 0 Å². The zero-order chi connectivity index (χ0) is 15.6. The Kier molecular flexibility index (Phi) is 4.91. The molecule has 2 rings (SSSR count). The van der Waals surface area contributed by atoms with Gasteiger partial charge in [-0.05, 0) is 57.8 Å². The van der Waals surface area contributed by atoms with Crippen molar-refractivity contribution >= 4 is 15.7 Å². The van der Waals surface area contributed by atoms with E-state index in [4.69, 9.17) is 5.73 Å². The van der Waals surface area contributed by atoms with Gasteiger partial charge < -0.3 is 5.73 Å². The van der Waals surface area contributed by atoms with Crippen LogP contribution >= 0.6 is 0 Å². The van der Waals surface area contributed by atoms with Gasteiger partial charge in [-0.1, -0.05) is 12.1 Å². The number of nitrogens with zero attached hydrogens (tertiary/aromatic N) is 1. The van der Waals surface area contributed by atoms with Crippen molar-refractivity contribution in [3.05, 3.63) is 23.3 Å². The summed E-state index contributed by atoms with van der Waals surface area (Å²) in [6.07, 6.45) is 2.39. The number of rotatable bonds is 5. The second-order valence-electron chi connectivity index (χ2n) is 5.89. The summed E-state index contributed by atoms with van der Waals surface area (Å²) in [6, 6.07) is 3.84. The zero-order valence-electron chi connectivity index (χ0n) is 13.0. The Morgan fingerprint density at radius 1 is 1.24 bits per heavy atom. The van der Waals surface area contributed by atoms with E-state index in [9.17, 15) is 8.42 Å². The molecule has 0 amide bonds. The van der Waals surface area contributed by atoms with E-state index in [1.54, 1.807) is 13.0 Å². The minimum atomic E-state index is -3.57. The van der Waals surface area contributed by atoms with Crippen LogP contribution in [0.2, 0.25) is 0 Å². The number of nitrogen functional groups attached to an aromatic ring is 1. The predicted molar refractivity (Wildman–Crippen MR) is 85.8 cm³/mol. The highest BCUT2D eigenvalue weighted by molar-refractivity contribution is 7.89. The van der Waals surface area contributed by atoms with Crippen LogP contribution in [0.15, 0.2) is 17.0 Å². The van der Waals surface area contributed by atoms with Gasteiger partial charge in [-0.2, -0.15) is 0 Å². The molecule has 1 unspecified atom stereocenters. The van der Waals surface area contributed by atoms with Crippen molar-refractivity contribution in [2.45, 2.75) is 44.6 Å². The Morgan fingerprint density at radius 3 is 2.43 bits per heavy atom. The summed E-state index contributed by atoms with van der Waals surface area (Å²) in [4.78, 5) is 2.53. The zero-order valence-corrected chi connectivity index (χ0v) is 13.8. The fourth-order valence-corrected chi connectivity index (χ4v) is 4.32. The molecule has 0 spiro atoms. The van der Waals surface area contributed by atoms with Crippen LogP contribution < -0.4 is 10.5 Å². The predicted octanol–water partition coefficient (Wildman–Crippen LogP) is 1.65. The fourth-order valence-electron chi connectivity index (χ4n) is 2.78. The van der Waals surface area contributed by atoms with E-state index in [2.05, 4.69) is 16.5 Å². The van der Waals surface area contributed by atoms with Gasteiger partial charge in [-0.3, -0.25) is 4.90 Å². The molecule has 0 bridgehead atoms.